The summed E-state index contributed by atoms with van der Waals surface area (Å²) in [5.74, 6) is 1.75. The van der Waals surface area contributed by atoms with Gasteiger partial charge in [0.25, 0.3) is 0 Å². The van der Waals surface area contributed by atoms with Gasteiger partial charge in [0, 0.05) is 38.4 Å². The number of nitrogens with zero attached hydrogens (tertiary/aromatic N) is 3. The minimum atomic E-state index is 0.581. The van der Waals surface area contributed by atoms with E-state index in [9.17, 15) is 0 Å². The normalized spacial score (nSPS) is 21.7. The topological polar surface area (TPSA) is 19.4 Å². The summed E-state index contributed by atoms with van der Waals surface area (Å²) in [6, 6.07) is 5.29. The van der Waals surface area contributed by atoms with Crippen LogP contribution in [-0.4, -0.2) is 42.1 Å². The van der Waals surface area contributed by atoms with E-state index >= 15 is 0 Å². The Morgan fingerprint density at radius 2 is 1.89 bits per heavy atom. The Morgan fingerprint density at radius 3 is 2.47 bits per heavy atom. The third-order valence-electron chi connectivity index (χ3n) is 4.67. The Labute approximate surface area is 116 Å². The van der Waals surface area contributed by atoms with Crippen molar-refractivity contribution in [2.75, 3.05) is 31.1 Å². The lowest BCUT2D eigenvalue weighted by molar-refractivity contribution is 0.120. The van der Waals surface area contributed by atoms with Crippen LogP contribution in [0.4, 0.5) is 5.82 Å². The average molecular weight is 259 g/mol. The third-order valence-corrected chi connectivity index (χ3v) is 4.67. The van der Waals surface area contributed by atoms with Gasteiger partial charge >= 0.3 is 0 Å². The van der Waals surface area contributed by atoms with Crippen molar-refractivity contribution in [3.8, 4) is 0 Å². The zero-order valence-corrected chi connectivity index (χ0v) is 12.2. The molecule has 0 amide bonds. The molecule has 1 aromatic heterocycles. The molecule has 104 valence electrons. The molecular formula is C16H25N3. The zero-order chi connectivity index (χ0) is 13.2. The number of aromatic nitrogens is 1. The molecule has 1 aliphatic heterocycles. The van der Waals surface area contributed by atoms with E-state index in [4.69, 9.17) is 0 Å². The van der Waals surface area contributed by atoms with Crippen molar-refractivity contribution in [1.29, 1.82) is 0 Å². The lowest BCUT2D eigenvalue weighted by atomic mass is 9.91. The van der Waals surface area contributed by atoms with E-state index in [1.165, 1.54) is 43.7 Å². The molecule has 1 aromatic rings. The minimum Gasteiger partial charge on any atom is -0.354 e. The predicted octanol–water partition coefficient (Wildman–Crippen LogP) is 2.88. The standard InChI is InChI=1S/C16H25N3/c1-13(2)14-6-7-17-16(12-14)19-10-8-18(9-11-19)15-4-3-5-15/h6-7,12-13,15H,3-5,8-11H2,1-2H3. The molecule has 1 saturated carbocycles. The van der Waals surface area contributed by atoms with Crippen LogP contribution in [0.3, 0.4) is 0 Å². The van der Waals surface area contributed by atoms with Crippen LogP contribution >= 0.6 is 0 Å². The fourth-order valence-electron chi connectivity index (χ4n) is 3.03. The fraction of sp³-hybridized carbons (Fsp3) is 0.688. The van der Waals surface area contributed by atoms with Crippen molar-refractivity contribution in [3.63, 3.8) is 0 Å². The van der Waals surface area contributed by atoms with E-state index in [1.807, 2.05) is 6.20 Å². The van der Waals surface area contributed by atoms with Gasteiger partial charge in [0.1, 0.15) is 5.82 Å². The molecule has 3 heteroatoms. The fourth-order valence-corrected chi connectivity index (χ4v) is 3.03. The highest BCUT2D eigenvalue weighted by molar-refractivity contribution is 5.42. The van der Waals surface area contributed by atoms with Crippen molar-refractivity contribution >= 4 is 5.82 Å². The van der Waals surface area contributed by atoms with E-state index in [-0.39, 0.29) is 0 Å². The molecule has 0 aromatic carbocycles. The second-order valence-electron chi connectivity index (χ2n) is 6.21. The van der Waals surface area contributed by atoms with Crippen molar-refractivity contribution < 1.29 is 0 Å². The molecule has 1 aliphatic carbocycles. The highest BCUT2D eigenvalue weighted by Crippen LogP contribution is 2.27. The SMILES string of the molecule is CC(C)c1ccnc(N2CCN(C3CCC3)CC2)c1. The molecule has 2 aliphatic rings. The molecule has 3 nitrogen and oxygen atoms in total. The van der Waals surface area contributed by atoms with E-state index < -0.39 is 0 Å². The molecule has 0 unspecified atom stereocenters. The summed E-state index contributed by atoms with van der Waals surface area (Å²) in [5.41, 5.74) is 1.39. The highest BCUT2D eigenvalue weighted by Gasteiger charge is 2.28. The number of pyridine rings is 1. The first-order valence-corrected chi connectivity index (χ1v) is 7.69. The Morgan fingerprint density at radius 1 is 1.16 bits per heavy atom. The second-order valence-corrected chi connectivity index (χ2v) is 6.21. The lowest BCUT2D eigenvalue weighted by Crippen LogP contribution is -2.52. The van der Waals surface area contributed by atoms with Crippen molar-refractivity contribution in [2.24, 2.45) is 0 Å². The molecular weight excluding hydrogens is 234 g/mol. The maximum atomic E-state index is 4.56. The smallest absolute Gasteiger partial charge is 0.128 e. The first kappa shape index (κ1) is 12.9. The maximum Gasteiger partial charge on any atom is 0.128 e. The summed E-state index contributed by atoms with van der Waals surface area (Å²) in [7, 11) is 0. The lowest BCUT2D eigenvalue weighted by Gasteiger charge is -2.43. The maximum absolute atomic E-state index is 4.56. The van der Waals surface area contributed by atoms with Gasteiger partial charge < -0.3 is 4.90 Å². The highest BCUT2D eigenvalue weighted by atomic mass is 15.3. The van der Waals surface area contributed by atoms with Gasteiger partial charge in [-0.25, -0.2) is 4.98 Å². The van der Waals surface area contributed by atoms with Crippen LogP contribution in [-0.2, 0) is 0 Å². The van der Waals surface area contributed by atoms with Gasteiger partial charge in [-0.05, 0) is 36.5 Å². The van der Waals surface area contributed by atoms with E-state index in [1.54, 1.807) is 0 Å². The first-order valence-electron chi connectivity index (χ1n) is 7.69. The van der Waals surface area contributed by atoms with Crippen LogP contribution in [0.1, 0.15) is 44.6 Å². The van der Waals surface area contributed by atoms with Crippen LogP contribution in [0.25, 0.3) is 0 Å². The molecule has 3 rings (SSSR count). The van der Waals surface area contributed by atoms with Crippen LogP contribution in [0.5, 0.6) is 0 Å². The third kappa shape index (κ3) is 2.76. The quantitative estimate of drug-likeness (QED) is 0.832. The van der Waals surface area contributed by atoms with Crippen molar-refractivity contribution in [2.45, 2.75) is 45.1 Å². The number of piperazine rings is 1. The Hall–Kier alpha value is -1.09. The summed E-state index contributed by atoms with van der Waals surface area (Å²) in [5, 5.41) is 0. The summed E-state index contributed by atoms with van der Waals surface area (Å²) >= 11 is 0. The molecule has 19 heavy (non-hydrogen) atoms. The van der Waals surface area contributed by atoms with E-state index in [0.717, 1.165) is 19.1 Å². The Bertz CT molecular complexity index is 418. The van der Waals surface area contributed by atoms with Gasteiger partial charge in [0.05, 0.1) is 0 Å². The average Bonchev–Trinajstić information content (AvgIpc) is 2.38. The molecule has 2 heterocycles. The van der Waals surface area contributed by atoms with Crippen molar-refractivity contribution in [1.82, 2.24) is 9.88 Å². The largest absolute Gasteiger partial charge is 0.354 e. The van der Waals surface area contributed by atoms with Gasteiger partial charge in [0.15, 0.2) is 0 Å². The van der Waals surface area contributed by atoms with E-state index in [0.29, 0.717) is 5.92 Å². The summed E-state index contributed by atoms with van der Waals surface area (Å²) in [6.45, 7) is 9.16. The first-order chi connectivity index (χ1) is 9.24. The number of hydrogen-bond donors (Lipinski definition) is 0. The summed E-state index contributed by atoms with van der Waals surface area (Å²) < 4.78 is 0. The predicted molar refractivity (Wildman–Crippen MR) is 79.8 cm³/mol. The number of rotatable bonds is 3. The monoisotopic (exact) mass is 259 g/mol. The Balaban J connectivity index is 1.62. The molecule has 2 fully saturated rings. The number of hydrogen-bond acceptors (Lipinski definition) is 3. The van der Waals surface area contributed by atoms with Gasteiger partial charge in [-0.3, -0.25) is 4.90 Å². The van der Waals surface area contributed by atoms with Gasteiger partial charge in [-0.15, -0.1) is 0 Å². The van der Waals surface area contributed by atoms with E-state index in [2.05, 4.69) is 40.8 Å². The van der Waals surface area contributed by atoms with Gasteiger partial charge in [-0.2, -0.15) is 0 Å². The molecule has 0 atom stereocenters. The second kappa shape index (κ2) is 5.49. The molecule has 0 bridgehead atoms. The molecule has 0 radical (unpaired) electrons. The van der Waals surface area contributed by atoms with Crippen molar-refractivity contribution in [3.05, 3.63) is 23.9 Å². The van der Waals surface area contributed by atoms with Crippen LogP contribution < -0.4 is 4.90 Å². The minimum absolute atomic E-state index is 0.581. The molecule has 0 N–H and O–H groups in total. The van der Waals surface area contributed by atoms with Crippen LogP contribution in [0.15, 0.2) is 18.3 Å². The zero-order valence-electron chi connectivity index (χ0n) is 12.2. The summed E-state index contributed by atoms with van der Waals surface area (Å²) in [6.07, 6.45) is 6.23. The Kier molecular flexibility index (Phi) is 3.74. The van der Waals surface area contributed by atoms with Gasteiger partial charge in [0.2, 0.25) is 0 Å². The van der Waals surface area contributed by atoms with Crippen LogP contribution in [0, 0.1) is 0 Å². The molecule has 0 spiro atoms. The molecule has 1 saturated heterocycles. The van der Waals surface area contributed by atoms with Gasteiger partial charge in [-0.1, -0.05) is 20.3 Å². The summed E-state index contributed by atoms with van der Waals surface area (Å²) in [4.78, 5) is 9.68. The van der Waals surface area contributed by atoms with Crippen LogP contribution in [0.2, 0.25) is 0 Å². The number of anilines is 1.